The maximum Gasteiger partial charge on any atom is 0.225 e. The van der Waals surface area contributed by atoms with Crippen molar-refractivity contribution in [2.75, 3.05) is 11.9 Å². The molecule has 2 N–H and O–H groups in total. The topological polar surface area (TPSA) is 62.2 Å². The van der Waals surface area contributed by atoms with Crippen LogP contribution in [0.5, 0.6) is 0 Å². The molecule has 0 aliphatic carbocycles. The Labute approximate surface area is 107 Å². The highest BCUT2D eigenvalue weighted by Crippen LogP contribution is 2.08. The van der Waals surface area contributed by atoms with E-state index in [9.17, 15) is 4.79 Å². The summed E-state index contributed by atoms with van der Waals surface area (Å²) in [6.45, 7) is 3.96. The number of aliphatic hydroxyl groups excluding tert-OH is 1. The molecular formula is C14H18N2O2. The molecule has 0 saturated carbocycles. The summed E-state index contributed by atoms with van der Waals surface area (Å²) in [5.41, 5.74) is 0.533. The fourth-order valence-corrected chi connectivity index (χ4v) is 1.33. The third kappa shape index (κ3) is 5.46. The number of amides is 1. The van der Waals surface area contributed by atoms with Gasteiger partial charge in [0.1, 0.15) is 18.1 Å². The van der Waals surface area contributed by atoms with Crippen molar-refractivity contribution in [3.05, 3.63) is 23.9 Å². The van der Waals surface area contributed by atoms with Crippen LogP contribution in [0.4, 0.5) is 5.82 Å². The molecule has 0 fully saturated rings. The zero-order chi connectivity index (χ0) is 13.4. The summed E-state index contributed by atoms with van der Waals surface area (Å²) in [4.78, 5) is 15.8. The number of carbonyl (C=O) groups is 1. The van der Waals surface area contributed by atoms with Crippen molar-refractivity contribution in [1.29, 1.82) is 0 Å². The van der Waals surface area contributed by atoms with E-state index >= 15 is 0 Å². The smallest absolute Gasteiger partial charge is 0.225 e. The average molecular weight is 246 g/mol. The van der Waals surface area contributed by atoms with Crippen molar-refractivity contribution in [3.63, 3.8) is 0 Å². The molecule has 1 aromatic rings. The molecule has 0 aliphatic rings. The van der Waals surface area contributed by atoms with E-state index in [1.807, 2.05) is 0 Å². The van der Waals surface area contributed by atoms with Crippen LogP contribution in [0.2, 0.25) is 0 Å². The molecule has 18 heavy (non-hydrogen) atoms. The van der Waals surface area contributed by atoms with Crippen LogP contribution in [0.25, 0.3) is 0 Å². The molecule has 0 bridgehead atoms. The molecule has 0 unspecified atom stereocenters. The molecule has 0 saturated heterocycles. The van der Waals surface area contributed by atoms with Gasteiger partial charge in [-0.15, -0.1) is 0 Å². The van der Waals surface area contributed by atoms with Crippen molar-refractivity contribution in [2.24, 2.45) is 5.92 Å². The van der Waals surface area contributed by atoms with E-state index in [-0.39, 0.29) is 12.5 Å². The fourth-order valence-electron chi connectivity index (χ4n) is 1.33. The molecule has 1 rings (SSSR count). The van der Waals surface area contributed by atoms with E-state index in [0.29, 0.717) is 23.9 Å². The zero-order valence-electron chi connectivity index (χ0n) is 10.7. The lowest BCUT2D eigenvalue weighted by molar-refractivity contribution is -0.116. The standard InChI is InChI=1S/C14H18N2O2/c1-11(2)8-9-14(18)16-13-7-3-5-12(15-13)6-4-10-17/h3,5,7,11,17H,8-10H2,1-2H3,(H,15,16,18). The molecule has 0 spiro atoms. The minimum absolute atomic E-state index is 0.0385. The van der Waals surface area contributed by atoms with Crippen LogP contribution in [0, 0.1) is 17.8 Å². The lowest BCUT2D eigenvalue weighted by Gasteiger charge is -2.06. The van der Waals surface area contributed by atoms with E-state index in [1.165, 1.54) is 0 Å². The van der Waals surface area contributed by atoms with E-state index in [4.69, 9.17) is 5.11 Å². The molecule has 0 radical (unpaired) electrons. The Morgan fingerprint density at radius 2 is 2.28 bits per heavy atom. The van der Waals surface area contributed by atoms with E-state index in [0.717, 1.165) is 6.42 Å². The first-order valence-corrected chi connectivity index (χ1v) is 5.98. The maximum atomic E-state index is 11.6. The molecule has 0 aliphatic heterocycles. The Kier molecular flexibility index (Phi) is 5.89. The van der Waals surface area contributed by atoms with Crippen LogP contribution in [-0.4, -0.2) is 22.6 Å². The van der Waals surface area contributed by atoms with Gasteiger partial charge in [0, 0.05) is 6.42 Å². The summed E-state index contributed by atoms with van der Waals surface area (Å²) in [5.74, 6) is 6.17. The largest absolute Gasteiger partial charge is 0.384 e. The molecule has 1 amide bonds. The van der Waals surface area contributed by atoms with Gasteiger partial charge in [0.2, 0.25) is 5.91 Å². The Morgan fingerprint density at radius 3 is 2.94 bits per heavy atom. The lowest BCUT2D eigenvalue weighted by Crippen LogP contribution is -2.13. The van der Waals surface area contributed by atoms with Crippen LogP contribution in [0.15, 0.2) is 18.2 Å². The van der Waals surface area contributed by atoms with E-state index in [1.54, 1.807) is 18.2 Å². The van der Waals surface area contributed by atoms with Gasteiger partial charge in [-0.2, -0.15) is 0 Å². The molecule has 4 nitrogen and oxygen atoms in total. The summed E-state index contributed by atoms with van der Waals surface area (Å²) in [6, 6.07) is 5.22. The summed E-state index contributed by atoms with van der Waals surface area (Å²) >= 11 is 0. The average Bonchev–Trinajstić information content (AvgIpc) is 2.34. The number of hydrogen-bond acceptors (Lipinski definition) is 3. The predicted octanol–water partition coefficient (Wildman–Crippen LogP) is 1.80. The molecular weight excluding hydrogens is 228 g/mol. The first-order chi connectivity index (χ1) is 8.61. The van der Waals surface area contributed by atoms with Gasteiger partial charge in [-0.05, 0) is 30.4 Å². The highest BCUT2D eigenvalue weighted by Gasteiger charge is 2.04. The van der Waals surface area contributed by atoms with E-state index < -0.39 is 0 Å². The SMILES string of the molecule is CC(C)CCC(=O)Nc1cccc(C#CCO)n1. The lowest BCUT2D eigenvalue weighted by atomic mass is 10.1. The third-order valence-corrected chi connectivity index (χ3v) is 2.26. The van der Waals surface area contributed by atoms with Gasteiger partial charge in [-0.1, -0.05) is 25.8 Å². The Balaban J connectivity index is 2.59. The van der Waals surface area contributed by atoms with Crippen LogP contribution in [-0.2, 0) is 4.79 Å². The number of rotatable bonds is 4. The van der Waals surface area contributed by atoms with Gasteiger partial charge >= 0.3 is 0 Å². The number of nitrogens with one attached hydrogen (secondary N) is 1. The number of aromatic nitrogens is 1. The molecule has 96 valence electrons. The Hall–Kier alpha value is -1.86. The first kappa shape index (κ1) is 14.2. The zero-order valence-corrected chi connectivity index (χ0v) is 10.7. The minimum Gasteiger partial charge on any atom is -0.384 e. The number of pyridine rings is 1. The number of hydrogen-bond donors (Lipinski definition) is 2. The second kappa shape index (κ2) is 7.46. The van der Waals surface area contributed by atoms with Gasteiger partial charge in [0.15, 0.2) is 0 Å². The van der Waals surface area contributed by atoms with Crippen LogP contribution >= 0.6 is 0 Å². The number of carbonyl (C=O) groups excluding carboxylic acids is 1. The van der Waals surface area contributed by atoms with Crippen LogP contribution in [0.1, 0.15) is 32.4 Å². The molecule has 0 atom stereocenters. The van der Waals surface area contributed by atoms with Gasteiger partial charge < -0.3 is 10.4 Å². The van der Waals surface area contributed by atoms with Crippen molar-refractivity contribution in [1.82, 2.24) is 4.98 Å². The molecule has 4 heteroatoms. The Bertz CT molecular complexity index is 458. The van der Waals surface area contributed by atoms with Gasteiger partial charge in [0.25, 0.3) is 0 Å². The number of nitrogens with zero attached hydrogens (tertiary/aromatic N) is 1. The van der Waals surface area contributed by atoms with Crippen molar-refractivity contribution in [3.8, 4) is 11.8 Å². The van der Waals surface area contributed by atoms with Crippen molar-refractivity contribution < 1.29 is 9.90 Å². The molecule has 0 aromatic carbocycles. The highest BCUT2D eigenvalue weighted by atomic mass is 16.2. The first-order valence-electron chi connectivity index (χ1n) is 5.98. The highest BCUT2D eigenvalue weighted by molar-refractivity contribution is 5.89. The monoisotopic (exact) mass is 246 g/mol. The third-order valence-electron chi connectivity index (χ3n) is 2.26. The predicted molar refractivity (Wildman–Crippen MR) is 70.9 cm³/mol. The van der Waals surface area contributed by atoms with Gasteiger partial charge in [0.05, 0.1) is 0 Å². The van der Waals surface area contributed by atoms with E-state index in [2.05, 4.69) is 36.0 Å². The minimum atomic E-state index is -0.202. The van der Waals surface area contributed by atoms with Crippen molar-refractivity contribution >= 4 is 11.7 Å². The maximum absolute atomic E-state index is 11.6. The summed E-state index contributed by atoms with van der Waals surface area (Å²) in [6.07, 6.45) is 1.35. The summed E-state index contributed by atoms with van der Waals surface area (Å²) in [7, 11) is 0. The van der Waals surface area contributed by atoms with Crippen LogP contribution < -0.4 is 5.32 Å². The summed E-state index contributed by atoms with van der Waals surface area (Å²) < 4.78 is 0. The second-order valence-corrected chi connectivity index (χ2v) is 4.35. The fraction of sp³-hybridized carbons (Fsp3) is 0.429. The Morgan fingerprint density at radius 1 is 1.50 bits per heavy atom. The number of anilines is 1. The normalized spacial score (nSPS) is 9.78. The van der Waals surface area contributed by atoms with Gasteiger partial charge in [-0.3, -0.25) is 4.79 Å². The van der Waals surface area contributed by atoms with Crippen molar-refractivity contribution in [2.45, 2.75) is 26.7 Å². The van der Waals surface area contributed by atoms with Crippen LogP contribution in [0.3, 0.4) is 0 Å². The molecule has 1 heterocycles. The number of aliphatic hydroxyl groups is 1. The summed E-state index contributed by atoms with van der Waals surface area (Å²) in [5, 5.41) is 11.3. The van der Waals surface area contributed by atoms with Gasteiger partial charge in [-0.25, -0.2) is 4.98 Å². The quantitative estimate of drug-likeness (QED) is 0.796. The second-order valence-electron chi connectivity index (χ2n) is 4.35. The molecule has 1 aromatic heterocycles.